The summed E-state index contributed by atoms with van der Waals surface area (Å²) in [5, 5.41) is 7.38. The van der Waals surface area contributed by atoms with Gasteiger partial charge in [-0.05, 0) is 24.3 Å². The van der Waals surface area contributed by atoms with Gasteiger partial charge in [0.15, 0.2) is 5.82 Å². The first-order valence-electron chi connectivity index (χ1n) is 6.31. The number of nitrogens with one attached hydrogen (secondary N) is 1. The summed E-state index contributed by atoms with van der Waals surface area (Å²) in [5.41, 5.74) is 6.68. The van der Waals surface area contributed by atoms with E-state index >= 15 is 0 Å². The lowest BCUT2D eigenvalue weighted by molar-refractivity contribution is 0.415. The number of aromatic nitrogens is 4. The van der Waals surface area contributed by atoms with Crippen LogP contribution in [0.25, 0.3) is 5.82 Å². The topological polar surface area (TPSA) is 90.9 Å². The van der Waals surface area contributed by atoms with Crippen molar-refractivity contribution in [1.29, 1.82) is 0 Å². The van der Waals surface area contributed by atoms with Crippen LogP contribution >= 0.6 is 0 Å². The number of ether oxygens (including phenoxy) is 1. The van der Waals surface area contributed by atoms with Crippen LogP contribution in [0.15, 0.2) is 48.7 Å². The normalized spacial score (nSPS) is 10.3. The quantitative estimate of drug-likeness (QED) is 0.760. The fraction of sp³-hybridized carbons (Fsp3) is 0.0714. The molecule has 7 heteroatoms. The van der Waals surface area contributed by atoms with Gasteiger partial charge in [0, 0.05) is 18.0 Å². The fourth-order valence-electron chi connectivity index (χ4n) is 1.85. The maximum atomic E-state index is 5.87. The highest BCUT2D eigenvalue weighted by Crippen LogP contribution is 2.20. The number of pyridine rings is 1. The SMILES string of the molecule is COc1cccc(Nc2nc(N)n(-c3ccccn3)n2)c1. The molecule has 2 aromatic heterocycles. The van der Waals surface area contributed by atoms with Crippen molar-refractivity contribution in [3.05, 3.63) is 48.7 Å². The van der Waals surface area contributed by atoms with Gasteiger partial charge in [-0.3, -0.25) is 0 Å². The number of nitrogens with zero attached hydrogens (tertiary/aromatic N) is 4. The van der Waals surface area contributed by atoms with Gasteiger partial charge in [0.05, 0.1) is 7.11 Å². The number of methoxy groups -OCH3 is 1. The molecule has 106 valence electrons. The Morgan fingerprint density at radius 2 is 2.10 bits per heavy atom. The van der Waals surface area contributed by atoms with Crippen molar-refractivity contribution in [3.63, 3.8) is 0 Å². The van der Waals surface area contributed by atoms with Crippen LogP contribution in [0.1, 0.15) is 0 Å². The van der Waals surface area contributed by atoms with Crippen molar-refractivity contribution < 1.29 is 4.74 Å². The average Bonchev–Trinajstić information content (AvgIpc) is 2.89. The van der Waals surface area contributed by atoms with Crippen LogP contribution in [0.3, 0.4) is 0 Å². The first-order valence-corrected chi connectivity index (χ1v) is 6.31. The summed E-state index contributed by atoms with van der Waals surface area (Å²) in [4.78, 5) is 8.37. The smallest absolute Gasteiger partial charge is 0.248 e. The summed E-state index contributed by atoms with van der Waals surface area (Å²) < 4.78 is 6.64. The van der Waals surface area contributed by atoms with Crippen LogP contribution in [0.5, 0.6) is 5.75 Å². The molecular weight excluding hydrogens is 268 g/mol. The standard InChI is InChI=1S/C14H14N6O/c1-21-11-6-4-5-10(9-11)17-14-18-13(15)20(19-14)12-7-2-3-8-16-12/h2-9H,1H3,(H3,15,17,18,19). The van der Waals surface area contributed by atoms with Gasteiger partial charge in [-0.2, -0.15) is 9.67 Å². The molecule has 0 radical (unpaired) electrons. The van der Waals surface area contributed by atoms with Crippen LogP contribution in [0, 0.1) is 0 Å². The monoisotopic (exact) mass is 282 g/mol. The van der Waals surface area contributed by atoms with Crippen LogP contribution < -0.4 is 15.8 Å². The molecule has 0 unspecified atom stereocenters. The predicted molar refractivity (Wildman–Crippen MR) is 79.8 cm³/mol. The summed E-state index contributed by atoms with van der Waals surface area (Å²) in [6, 6.07) is 13.0. The Balaban J connectivity index is 1.87. The molecule has 0 saturated carbocycles. The molecule has 0 atom stereocenters. The van der Waals surface area contributed by atoms with Crippen LogP contribution in [-0.2, 0) is 0 Å². The Kier molecular flexibility index (Phi) is 3.38. The maximum Gasteiger partial charge on any atom is 0.248 e. The van der Waals surface area contributed by atoms with Gasteiger partial charge in [0.1, 0.15) is 5.75 Å². The van der Waals surface area contributed by atoms with E-state index in [2.05, 4.69) is 20.4 Å². The number of anilines is 3. The number of nitrogens with two attached hydrogens (primary N) is 1. The summed E-state index contributed by atoms with van der Waals surface area (Å²) in [5.74, 6) is 2.02. The second-order valence-electron chi connectivity index (χ2n) is 4.25. The Labute approximate surface area is 121 Å². The Morgan fingerprint density at radius 1 is 1.19 bits per heavy atom. The summed E-state index contributed by atoms with van der Waals surface area (Å²) in [6.45, 7) is 0. The zero-order valence-corrected chi connectivity index (χ0v) is 11.4. The Morgan fingerprint density at radius 3 is 2.86 bits per heavy atom. The zero-order chi connectivity index (χ0) is 14.7. The molecule has 1 aromatic carbocycles. The molecule has 0 spiro atoms. The third-order valence-electron chi connectivity index (χ3n) is 2.82. The molecule has 0 aliphatic heterocycles. The number of rotatable bonds is 4. The summed E-state index contributed by atoms with van der Waals surface area (Å²) in [6.07, 6.45) is 1.67. The van der Waals surface area contributed by atoms with Crippen LogP contribution in [-0.4, -0.2) is 26.9 Å². The first kappa shape index (κ1) is 12.9. The van der Waals surface area contributed by atoms with E-state index in [0.29, 0.717) is 11.8 Å². The molecule has 3 rings (SSSR count). The highest BCUT2D eigenvalue weighted by atomic mass is 16.5. The van der Waals surface area contributed by atoms with E-state index < -0.39 is 0 Å². The van der Waals surface area contributed by atoms with E-state index in [1.165, 1.54) is 4.68 Å². The molecule has 0 aliphatic carbocycles. The van der Waals surface area contributed by atoms with Crippen molar-refractivity contribution in [2.24, 2.45) is 0 Å². The lowest BCUT2D eigenvalue weighted by Crippen LogP contribution is -2.04. The lowest BCUT2D eigenvalue weighted by Gasteiger charge is -2.04. The van der Waals surface area contributed by atoms with Crippen molar-refractivity contribution in [3.8, 4) is 11.6 Å². The van der Waals surface area contributed by atoms with Crippen LogP contribution in [0.4, 0.5) is 17.6 Å². The van der Waals surface area contributed by atoms with E-state index in [1.54, 1.807) is 19.4 Å². The second kappa shape index (κ2) is 5.49. The molecule has 0 aliphatic rings. The van der Waals surface area contributed by atoms with Crippen molar-refractivity contribution in [1.82, 2.24) is 19.7 Å². The van der Waals surface area contributed by atoms with E-state index in [1.807, 2.05) is 36.4 Å². The minimum atomic E-state index is 0.263. The molecule has 7 nitrogen and oxygen atoms in total. The molecular formula is C14H14N6O. The van der Waals surface area contributed by atoms with Gasteiger partial charge in [-0.25, -0.2) is 4.98 Å². The van der Waals surface area contributed by atoms with Crippen molar-refractivity contribution >= 4 is 17.6 Å². The van der Waals surface area contributed by atoms with E-state index in [0.717, 1.165) is 11.4 Å². The molecule has 0 amide bonds. The number of benzene rings is 1. The Hall–Kier alpha value is -3.09. The Bertz CT molecular complexity index is 740. The van der Waals surface area contributed by atoms with Gasteiger partial charge in [0.25, 0.3) is 0 Å². The van der Waals surface area contributed by atoms with E-state index in [-0.39, 0.29) is 5.95 Å². The van der Waals surface area contributed by atoms with Gasteiger partial charge in [-0.15, -0.1) is 5.10 Å². The summed E-state index contributed by atoms with van der Waals surface area (Å²) >= 11 is 0. The van der Waals surface area contributed by atoms with E-state index in [9.17, 15) is 0 Å². The maximum absolute atomic E-state index is 5.87. The summed E-state index contributed by atoms with van der Waals surface area (Å²) in [7, 11) is 1.62. The zero-order valence-electron chi connectivity index (χ0n) is 11.4. The highest BCUT2D eigenvalue weighted by molar-refractivity contribution is 5.56. The molecule has 3 aromatic rings. The highest BCUT2D eigenvalue weighted by Gasteiger charge is 2.09. The predicted octanol–water partition coefficient (Wildman–Crippen LogP) is 2.00. The van der Waals surface area contributed by atoms with Gasteiger partial charge in [0.2, 0.25) is 11.9 Å². The number of hydrogen-bond donors (Lipinski definition) is 2. The molecule has 21 heavy (non-hydrogen) atoms. The molecule has 2 heterocycles. The number of nitrogen functional groups attached to an aromatic ring is 1. The third kappa shape index (κ3) is 2.76. The van der Waals surface area contributed by atoms with Gasteiger partial charge >= 0.3 is 0 Å². The van der Waals surface area contributed by atoms with Crippen molar-refractivity contribution in [2.45, 2.75) is 0 Å². The lowest BCUT2D eigenvalue weighted by atomic mass is 10.3. The molecule has 0 bridgehead atoms. The third-order valence-corrected chi connectivity index (χ3v) is 2.82. The second-order valence-corrected chi connectivity index (χ2v) is 4.25. The average molecular weight is 282 g/mol. The van der Waals surface area contributed by atoms with Crippen molar-refractivity contribution in [2.75, 3.05) is 18.2 Å². The molecule has 0 fully saturated rings. The molecule has 3 N–H and O–H groups in total. The first-order chi connectivity index (χ1) is 10.3. The van der Waals surface area contributed by atoms with Crippen LogP contribution in [0.2, 0.25) is 0 Å². The largest absolute Gasteiger partial charge is 0.497 e. The fourth-order valence-corrected chi connectivity index (χ4v) is 1.85. The minimum Gasteiger partial charge on any atom is -0.497 e. The van der Waals surface area contributed by atoms with Gasteiger partial charge < -0.3 is 15.8 Å². The van der Waals surface area contributed by atoms with Gasteiger partial charge in [-0.1, -0.05) is 12.1 Å². The minimum absolute atomic E-state index is 0.263. The van der Waals surface area contributed by atoms with E-state index in [4.69, 9.17) is 10.5 Å². The number of hydrogen-bond acceptors (Lipinski definition) is 6. The molecule has 0 saturated heterocycles.